The predicted molar refractivity (Wildman–Crippen MR) is 103 cm³/mol. The predicted octanol–water partition coefficient (Wildman–Crippen LogP) is 3.07. The number of nitrogens with zero attached hydrogens (tertiary/aromatic N) is 4. The Balaban J connectivity index is 1.58. The fourth-order valence-electron chi connectivity index (χ4n) is 3.50. The number of piperidine rings is 1. The molecule has 8 nitrogen and oxygen atoms in total. The fraction of sp³-hybridized carbons (Fsp3) is 0.353. The molecule has 0 spiro atoms. The second-order valence-corrected chi connectivity index (χ2v) is 9.17. The van der Waals surface area contributed by atoms with Crippen LogP contribution in [0, 0.1) is 11.6 Å². The van der Waals surface area contributed by atoms with Gasteiger partial charge < -0.3 is 0 Å². The Hall–Kier alpha value is -2.44. The molecule has 0 radical (unpaired) electrons. The van der Waals surface area contributed by atoms with Gasteiger partial charge in [-0.25, -0.2) is 22.2 Å². The second-order valence-electron chi connectivity index (χ2n) is 6.74. The summed E-state index contributed by atoms with van der Waals surface area (Å²) >= 11 is 0.798. The van der Waals surface area contributed by atoms with Crippen LogP contribution in [0.25, 0.3) is 0 Å². The van der Waals surface area contributed by atoms with Gasteiger partial charge in [-0.1, -0.05) is 6.42 Å². The lowest BCUT2D eigenvalue weighted by atomic mass is 9.97. The Morgan fingerprint density at radius 1 is 1.28 bits per heavy atom. The summed E-state index contributed by atoms with van der Waals surface area (Å²) in [4.78, 5) is 4.98. The van der Waals surface area contributed by atoms with E-state index in [9.17, 15) is 17.2 Å². The molecule has 0 unspecified atom stereocenters. The number of aromatic nitrogens is 4. The molecule has 3 aromatic rings. The maximum absolute atomic E-state index is 14.7. The van der Waals surface area contributed by atoms with E-state index in [-0.39, 0.29) is 23.3 Å². The SMILES string of the molecule is O=S(=O)(Nc1ncns1)c1cc(F)c(CN2CCCC[C@H]2c2cn[nH]c2)cc1F. The average Bonchev–Trinajstić information content (AvgIpc) is 3.38. The summed E-state index contributed by atoms with van der Waals surface area (Å²) in [5, 5.41) is 6.73. The maximum Gasteiger partial charge on any atom is 0.266 e. The molecule has 1 aromatic carbocycles. The van der Waals surface area contributed by atoms with Crippen molar-refractivity contribution in [1.29, 1.82) is 0 Å². The van der Waals surface area contributed by atoms with E-state index in [0.29, 0.717) is 6.07 Å². The summed E-state index contributed by atoms with van der Waals surface area (Å²) in [6.07, 6.45) is 7.58. The van der Waals surface area contributed by atoms with Crippen molar-refractivity contribution in [3.63, 3.8) is 0 Å². The van der Waals surface area contributed by atoms with E-state index in [4.69, 9.17) is 0 Å². The summed E-state index contributed by atoms with van der Waals surface area (Å²) in [5.41, 5.74) is 1.10. The molecule has 0 aliphatic carbocycles. The Labute approximate surface area is 170 Å². The number of benzene rings is 1. The molecule has 1 atom stereocenters. The third kappa shape index (κ3) is 4.28. The smallest absolute Gasteiger partial charge is 0.266 e. The summed E-state index contributed by atoms with van der Waals surface area (Å²) in [6, 6.07) is 1.71. The van der Waals surface area contributed by atoms with Gasteiger partial charge in [0.2, 0.25) is 5.13 Å². The minimum Gasteiger partial charge on any atom is -0.292 e. The van der Waals surface area contributed by atoms with Crippen LogP contribution in [-0.4, -0.2) is 39.4 Å². The molecule has 3 heterocycles. The molecule has 1 saturated heterocycles. The van der Waals surface area contributed by atoms with Crippen LogP contribution in [0.1, 0.15) is 36.4 Å². The van der Waals surface area contributed by atoms with Crippen molar-refractivity contribution >= 4 is 26.7 Å². The monoisotopic (exact) mass is 440 g/mol. The summed E-state index contributed by atoms with van der Waals surface area (Å²) < 4.78 is 59.9. The minimum atomic E-state index is -4.32. The maximum atomic E-state index is 14.7. The molecule has 1 aliphatic heterocycles. The van der Waals surface area contributed by atoms with Crippen LogP contribution >= 0.6 is 11.5 Å². The average molecular weight is 441 g/mol. The molecular formula is C17H18F2N6O2S2. The van der Waals surface area contributed by atoms with Gasteiger partial charge in [-0.3, -0.25) is 14.7 Å². The van der Waals surface area contributed by atoms with Crippen molar-refractivity contribution in [1.82, 2.24) is 24.5 Å². The van der Waals surface area contributed by atoms with Gasteiger partial charge in [0, 0.05) is 41.4 Å². The van der Waals surface area contributed by atoms with Crippen LogP contribution in [0.3, 0.4) is 0 Å². The molecule has 1 fully saturated rings. The van der Waals surface area contributed by atoms with E-state index in [1.807, 2.05) is 0 Å². The molecule has 0 amide bonds. The Bertz CT molecular complexity index is 1070. The topological polar surface area (TPSA) is 104 Å². The van der Waals surface area contributed by atoms with E-state index in [1.54, 1.807) is 12.4 Å². The Morgan fingerprint density at radius 3 is 2.86 bits per heavy atom. The van der Waals surface area contributed by atoms with Crippen molar-refractivity contribution in [2.24, 2.45) is 0 Å². The first-order chi connectivity index (χ1) is 13.9. The molecule has 4 rings (SSSR count). The van der Waals surface area contributed by atoms with Gasteiger partial charge in [-0.05, 0) is 31.5 Å². The van der Waals surface area contributed by atoms with E-state index < -0.39 is 26.6 Å². The number of nitrogens with one attached hydrogen (secondary N) is 2. The van der Waals surface area contributed by atoms with Crippen LogP contribution in [0.15, 0.2) is 35.7 Å². The third-order valence-electron chi connectivity index (χ3n) is 4.86. The Kier molecular flexibility index (Phi) is 5.56. The summed E-state index contributed by atoms with van der Waals surface area (Å²) in [6.45, 7) is 0.901. The van der Waals surface area contributed by atoms with Gasteiger partial charge in [0.05, 0.1) is 6.20 Å². The number of hydrogen-bond donors (Lipinski definition) is 2. The second kappa shape index (κ2) is 8.13. The number of halogens is 2. The van der Waals surface area contributed by atoms with Crippen molar-refractivity contribution < 1.29 is 17.2 Å². The van der Waals surface area contributed by atoms with Crippen LogP contribution in [0.4, 0.5) is 13.9 Å². The number of sulfonamides is 1. The molecule has 29 heavy (non-hydrogen) atoms. The van der Waals surface area contributed by atoms with Crippen molar-refractivity contribution in [3.05, 3.63) is 53.6 Å². The van der Waals surface area contributed by atoms with Crippen LogP contribution in [-0.2, 0) is 16.6 Å². The van der Waals surface area contributed by atoms with Crippen LogP contribution in [0.5, 0.6) is 0 Å². The first-order valence-electron chi connectivity index (χ1n) is 8.94. The quantitative estimate of drug-likeness (QED) is 0.611. The van der Waals surface area contributed by atoms with Gasteiger partial charge in [0.15, 0.2) is 0 Å². The highest BCUT2D eigenvalue weighted by atomic mass is 32.2. The van der Waals surface area contributed by atoms with Gasteiger partial charge >= 0.3 is 0 Å². The van der Waals surface area contributed by atoms with Crippen molar-refractivity contribution in [3.8, 4) is 0 Å². The highest BCUT2D eigenvalue weighted by Crippen LogP contribution is 2.32. The number of anilines is 1. The van der Waals surface area contributed by atoms with Gasteiger partial charge in [0.25, 0.3) is 10.0 Å². The fourth-order valence-corrected chi connectivity index (χ4v) is 5.24. The molecule has 0 bridgehead atoms. The number of hydrogen-bond acceptors (Lipinski definition) is 7. The zero-order chi connectivity index (χ0) is 20.4. The van der Waals surface area contributed by atoms with Crippen LogP contribution < -0.4 is 4.72 Å². The first-order valence-corrected chi connectivity index (χ1v) is 11.2. The summed E-state index contributed by atoms with van der Waals surface area (Å²) in [5.74, 6) is -1.80. The first kappa shape index (κ1) is 19.9. The molecule has 2 aromatic heterocycles. The van der Waals surface area contributed by atoms with E-state index in [1.165, 1.54) is 0 Å². The zero-order valence-corrected chi connectivity index (χ0v) is 16.8. The molecule has 0 saturated carbocycles. The molecule has 12 heteroatoms. The van der Waals surface area contributed by atoms with Crippen LogP contribution in [0.2, 0.25) is 0 Å². The lowest BCUT2D eigenvalue weighted by molar-refractivity contribution is 0.138. The lowest BCUT2D eigenvalue weighted by Gasteiger charge is -2.35. The van der Waals surface area contributed by atoms with Gasteiger partial charge in [-0.15, -0.1) is 0 Å². The number of aromatic amines is 1. The largest absolute Gasteiger partial charge is 0.292 e. The van der Waals surface area contributed by atoms with Gasteiger partial charge in [-0.2, -0.15) is 9.47 Å². The zero-order valence-electron chi connectivity index (χ0n) is 15.2. The number of H-pyrrole nitrogens is 1. The third-order valence-corrected chi connectivity index (χ3v) is 6.93. The molecular weight excluding hydrogens is 422 g/mol. The van der Waals surface area contributed by atoms with Crippen molar-refractivity contribution in [2.75, 3.05) is 11.3 Å². The number of likely N-dealkylation sites (tertiary alicyclic amines) is 1. The molecule has 1 aliphatic rings. The standard InChI is InChI=1S/C17H18F2N6O2S2/c18-13-6-16(29(26,27)24-17-20-10-23-28-17)14(19)5-11(13)9-25-4-2-1-3-15(25)12-7-21-22-8-12/h5-8,10,15H,1-4,9H2,(H,21,22)(H,20,23,24)/t15-/m0/s1. The van der Waals surface area contributed by atoms with E-state index in [0.717, 1.165) is 55.3 Å². The lowest BCUT2D eigenvalue weighted by Crippen LogP contribution is -2.33. The highest BCUT2D eigenvalue weighted by molar-refractivity contribution is 7.93. The molecule has 154 valence electrons. The van der Waals surface area contributed by atoms with Gasteiger partial charge in [0.1, 0.15) is 22.9 Å². The van der Waals surface area contributed by atoms with Crippen molar-refractivity contribution in [2.45, 2.75) is 36.7 Å². The Morgan fingerprint density at radius 2 is 2.14 bits per heavy atom. The summed E-state index contributed by atoms with van der Waals surface area (Å²) in [7, 11) is -4.32. The van der Waals surface area contributed by atoms with E-state index >= 15 is 0 Å². The van der Waals surface area contributed by atoms with E-state index in [2.05, 4.69) is 29.2 Å². The normalized spacial score (nSPS) is 18.1. The highest BCUT2D eigenvalue weighted by Gasteiger charge is 2.28. The minimum absolute atomic E-state index is 0.0230. The number of rotatable bonds is 6. The molecule has 2 N–H and O–H groups in total.